The summed E-state index contributed by atoms with van der Waals surface area (Å²) in [5, 5.41) is 9.62. The first-order valence-electron chi connectivity index (χ1n) is 8.70. The summed E-state index contributed by atoms with van der Waals surface area (Å²) in [4.78, 5) is 19.8. The van der Waals surface area contributed by atoms with Crippen molar-refractivity contribution in [2.75, 3.05) is 0 Å². The molecule has 0 aliphatic heterocycles. The number of halogens is 1. The molecule has 4 rings (SSSR count). The van der Waals surface area contributed by atoms with E-state index in [1.165, 1.54) is 18.3 Å². The van der Waals surface area contributed by atoms with Gasteiger partial charge < -0.3 is 19.1 Å². The first-order valence-corrected chi connectivity index (χ1v) is 9.08. The number of pyridine rings is 1. The van der Waals surface area contributed by atoms with E-state index in [0.29, 0.717) is 28.2 Å². The van der Waals surface area contributed by atoms with Crippen LogP contribution in [0, 0.1) is 0 Å². The summed E-state index contributed by atoms with van der Waals surface area (Å²) in [7, 11) is 1.88. The number of aryl methyl sites for hydroxylation is 1. The number of fused-ring (bicyclic) bond motifs is 1. The van der Waals surface area contributed by atoms with Crippen molar-refractivity contribution in [2.24, 2.45) is 7.05 Å². The highest BCUT2D eigenvalue weighted by Crippen LogP contribution is 2.26. The van der Waals surface area contributed by atoms with E-state index >= 15 is 0 Å². The number of carbonyl (C=O) groups is 1. The molecule has 0 spiro atoms. The Morgan fingerprint density at radius 2 is 2.00 bits per heavy atom. The molecule has 0 unspecified atom stereocenters. The molecule has 0 amide bonds. The van der Waals surface area contributed by atoms with Gasteiger partial charge >= 0.3 is 5.97 Å². The lowest BCUT2D eigenvalue weighted by atomic mass is 10.2. The number of hydrogen-bond donors (Lipinski definition) is 1. The minimum Gasteiger partial charge on any atom is -0.486 e. The van der Waals surface area contributed by atoms with Crippen LogP contribution >= 0.6 is 11.6 Å². The molecule has 0 atom stereocenters. The van der Waals surface area contributed by atoms with Gasteiger partial charge in [0.15, 0.2) is 0 Å². The van der Waals surface area contributed by atoms with E-state index in [1.54, 1.807) is 24.3 Å². The number of aromatic nitrogens is 3. The van der Waals surface area contributed by atoms with Crippen molar-refractivity contribution in [1.82, 2.24) is 14.5 Å². The van der Waals surface area contributed by atoms with Crippen LogP contribution < -0.4 is 9.47 Å². The van der Waals surface area contributed by atoms with Crippen LogP contribution in [0.4, 0.5) is 0 Å². The molecule has 0 aliphatic carbocycles. The predicted molar refractivity (Wildman–Crippen MR) is 108 cm³/mol. The monoisotopic (exact) mass is 409 g/mol. The van der Waals surface area contributed by atoms with Gasteiger partial charge in [0.1, 0.15) is 23.9 Å². The van der Waals surface area contributed by atoms with E-state index in [0.717, 1.165) is 11.0 Å². The van der Waals surface area contributed by atoms with Crippen molar-refractivity contribution in [3.63, 3.8) is 0 Å². The molecule has 0 saturated carbocycles. The maximum absolute atomic E-state index is 11.1. The van der Waals surface area contributed by atoms with E-state index < -0.39 is 5.97 Å². The Bertz CT molecular complexity index is 1190. The van der Waals surface area contributed by atoms with Crippen LogP contribution in [0.2, 0.25) is 5.02 Å². The molecule has 2 aromatic carbocycles. The molecular weight excluding hydrogens is 394 g/mol. The molecule has 0 aliphatic rings. The highest BCUT2D eigenvalue weighted by Gasteiger charge is 2.11. The molecular formula is C21H16ClN3O4. The van der Waals surface area contributed by atoms with Gasteiger partial charge in [-0.05, 0) is 36.4 Å². The highest BCUT2D eigenvalue weighted by molar-refractivity contribution is 6.30. The Morgan fingerprint density at radius 3 is 2.76 bits per heavy atom. The normalized spacial score (nSPS) is 10.8. The van der Waals surface area contributed by atoms with Crippen molar-refractivity contribution < 1.29 is 19.4 Å². The average Bonchev–Trinajstić information content (AvgIpc) is 3.04. The number of benzene rings is 2. The van der Waals surface area contributed by atoms with Gasteiger partial charge in [0, 0.05) is 25.4 Å². The van der Waals surface area contributed by atoms with Crippen molar-refractivity contribution in [3.05, 3.63) is 77.2 Å². The Morgan fingerprint density at radius 1 is 1.14 bits per heavy atom. The van der Waals surface area contributed by atoms with E-state index in [2.05, 4.69) is 9.97 Å². The lowest BCUT2D eigenvalue weighted by Crippen LogP contribution is -2.04. The molecule has 0 bridgehead atoms. The minimum atomic E-state index is -0.999. The number of carboxylic acid groups (broad SMARTS) is 1. The van der Waals surface area contributed by atoms with Crippen LogP contribution in [0.1, 0.15) is 16.2 Å². The number of carboxylic acids is 1. The van der Waals surface area contributed by atoms with Gasteiger partial charge in [-0.25, -0.2) is 14.8 Å². The zero-order chi connectivity index (χ0) is 20.4. The lowest BCUT2D eigenvalue weighted by molar-refractivity contribution is 0.0696. The number of aromatic carboxylic acids is 1. The predicted octanol–water partition coefficient (Wildman–Crippen LogP) is 4.69. The molecule has 29 heavy (non-hydrogen) atoms. The second-order valence-electron chi connectivity index (χ2n) is 6.28. The molecule has 146 valence electrons. The minimum absolute atomic E-state index is 0.171. The van der Waals surface area contributed by atoms with Crippen molar-refractivity contribution in [3.8, 4) is 17.4 Å². The van der Waals surface area contributed by atoms with E-state index in [4.69, 9.17) is 26.2 Å². The first kappa shape index (κ1) is 18.8. The van der Waals surface area contributed by atoms with E-state index in [-0.39, 0.29) is 12.2 Å². The fourth-order valence-electron chi connectivity index (χ4n) is 2.82. The fraction of sp³-hybridized carbons (Fsp3) is 0.0952. The van der Waals surface area contributed by atoms with Gasteiger partial charge in [-0.15, -0.1) is 0 Å². The Labute approximate surface area is 171 Å². The summed E-state index contributed by atoms with van der Waals surface area (Å²) in [5.74, 6) is 1.23. The van der Waals surface area contributed by atoms with E-state index in [1.807, 2.05) is 29.8 Å². The quantitative estimate of drug-likeness (QED) is 0.497. The van der Waals surface area contributed by atoms with Gasteiger partial charge in [0.2, 0.25) is 5.88 Å². The van der Waals surface area contributed by atoms with Gasteiger partial charge in [0.25, 0.3) is 0 Å². The summed E-state index contributed by atoms with van der Waals surface area (Å²) >= 11 is 5.84. The molecule has 1 N–H and O–H groups in total. The number of imidazole rings is 1. The van der Waals surface area contributed by atoms with Gasteiger partial charge in [0.05, 0.1) is 21.6 Å². The summed E-state index contributed by atoms with van der Waals surface area (Å²) < 4.78 is 13.4. The average molecular weight is 410 g/mol. The maximum Gasteiger partial charge on any atom is 0.335 e. The highest BCUT2D eigenvalue weighted by atomic mass is 35.5. The summed E-state index contributed by atoms with van der Waals surface area (Å²) in [6.45, 7) is 0.198. The molecule has 2 aromatic heterocycles. The maximum atomic E-state index is 11.1. The molecule has 4 aromatic rings. The summed E-state index contributed by atoms with van der Waals surface area (Å²) in [5.41, 5.74) is 1.83. The van der Waals surface area contributed by atoms with Gasteiger partial charge in [-0.1, -0.05) is 17.7 Å². The fourth-order valence-corrected chi connectivity index (χ4v) is 2.93. The molecule has 0 saturated heterocycles. The van der Waals surface area contributed by atoms with Crippen LogP contribution in [0.15, 0.2) is 60.8 Å². The van der Waals surface area contributed by atoms with Crippen LogP contribution in [0.25, 0.3) is 11.0 Å². The zero-order valence-electron chi connectivity index (χ0n) is 15.4. The lowest BCUT2D eigenvalue weighted by Gasteiger charge is -2.07. The number of rotatable bonds is 6. The Kier molecular flexibility index (Phi) is 5.05. The van der Waals surface area contributed by atoms with Gasteiger partial charge in [-0.3, -0.25) is 0 Å². The second-order valence-corrected chi connectivity index (χ2v) is 6.71. The third-order valence-electron chi connectivity index (χ3n) is 4.32. The topological polar surface area (TPSA) is 86.5 Å². The smallest absolute Gasteiger partial charge is 0.335 e. The number of hydrogen-bond acceptors (Lipinski definition) is 5. The number of ether oxygens (including phenoxy) is 2. The van der Waals surface area contributed by atoms with Crippen LogP contribution in [0.3, 0.4) is 0 Å². The van der Waals surface area contributed by atoms with Gasteiger partial charge in [-0.2, -0.15) is 0 Å². The van der Waals surface area contributed by atoms with Crippen LogP contribution in [-0.2, 0) is 13.7 Å². The second kappa shape index (κ2) is 7.81. The standard InChI is InChI=1S/C21H16ClN3O4/c1-25-18-10-16(29-20-8-5-14(22)11-23-20)6-7-17(18)24-19(25)12-28-15-4-2-3-13(9-15)21(26)27/h2-11H,12H2,1H3,(H,26,27). The summed E-state index contributed by atoms with van der Waals surface area (Å²) in [6.07, 6.45) is 1.52. The third kappa shape index (κ3) is 4.14. The third-order valence-corrected chi connectivity index (χ3v) is 4.54. The molecule has 0 radical (unpaired) electrons. The zero-order valence-corrected chi connectivity index (χ0v) is 16.1. The summed E-state index contributed by atoms with van der Waals surface area (Å²) in [6, 6.07) is 15.3. The van der Waals surface area contributed by atoms with Crippen molar-refractivity contribution in [1.29, 1.82) is 0 Å². The largest absolute Gasteiger partial charge is 0.486 e. The van der Waals surface area contributed by atoms with Crippen LogP contribution in [-0.4, -0.2) is 25.6 Å². The molecule has 8 heteroatoms. The number of nitrogens with zero attached hydrogens (tertiary/aromatic N) is 3. The van der Waals surface area contributed by atoms with Crippen molar-refractivity contribution in [2.45, 2.75) is 6.61 Å². The molecule has 2 heterocycles. The Balaban J connectivity index is 1.53. The molecule has 0 fully saturated rings. The molecule has 7 nitrogen and oxygen atoms in total. The SMILES string of the molecule is Cn1c(COc2cccc(C(=O)O)c2)nc2ccc(Oc3ccc(Cl)cn3)cc21. The Hall–Kier alpha value is -3.58. The van der Waals surface area contributed by atoms with E-state index in [9.17, 15) is 4.79 Å². The van der Waals surface area contributed by atoms with Crippen LogP contribution in [0.5, 0.6) is 17.4 Å². The first-order chi connectivity index (χ1) is 14.0. The van der Waals surface area contributed by atoms with Crippen molar-refractivity contribution >= 4 is 28.6 Å².